The first-order valence-corrected chi connectivity index (χ1v) is 9.48. The lowest BCUT2D eigenvalue weighted by Crippen LogP contribution is -2.19. The maximum atomic E-state index is 12.7. The Balaban J connectivity index is 1.77. The van der Waals surface area contributed by atoms with Gasteiger partial charge in [-0.15, -0.1) is 0 Å². The number of hydrogen-bond donors (Lipinski definition) is 0. The zero-order valence-corrected chi connectivity index (χ0v) is 16.7. The molecule has 28 heavy (non-hydrogen) atoms. The van der Waals surface area contributed by atoms with Crippen molar-refractivity contribution >= 4 is 11.9 Å². The number of carbonyl (C=O) groups is 1. The Morgan fingerprint density at radius 3 is 2.29 bits per heavy atom. The predicted octanol–water partition coefficient (Wildman–Crippen LogP) is 4.20. The maximum Gasteiger partial charge on any atom is 0.185 e. The van der Waals surface area contributed by atoms with Crippen LogP contribution in [-0.4, -0.2) is 45.1 Å². The fourth-order valence-electron chi connectivity index (χ4n) is 3.46. The van der Waals surface area contributed by atoms with Crippen LogP contribution in [0.15, 0.2) is 42.5 Å². The van der Waals surface area contributed by atoms with Crippen LogP contribution in [0.25, 0.3) is 6.08 Å². The van der Waals surface area contributed by atoms with E-state index >= 15 is 0 Å². The Bertz CT molecular complexity index is 854. The molecule has 0 atom stereocenters. The van der Waals surface area contributed by atoms with Crippen LogP contribution in [0.4, 0.5) is 0 Å². The summed E-state index contributed by atoms with van der Waals surface area (Å²) in [6.07, 6.45) is 5.83. The van der Waals surface area contributed by atoms with E-state index < -0.39 is 0 Å². The molecule has 1 aliphatic rings. The standard InChI is InChI=1S/C23H27NO4/c1-26-21-11-8-18(15-19(21)16-24-12-4-5-13-24)20(25)9-6-17-7-10-22(27-2)23(14-17)28-3/h6-11,14-15H,4-5,12-13,16H2,1-3H3/b9-6+. The van der Waals surface area contributed by atoms with E-state index in [1.807, 2.05) is 36.4 Å². The Kier molecular flexibility index (Phi) is 6.71. The molecule has 1 aliphatic heterocycles. The van der Waals surface area contributed by atoms with Crippen LogP contribution in [0, 0.1) is 0 Å². The van der Waals surface area contributed by atoms with Gasteiger partial charge < -0.3 is 14.2 Å². The molecule has 0 amide bonds. The molecule has 0 aliphatic carbocycles. The van der Waals surface area contributed by atoms with Crippen molar-refractivity contribution in [1.82, 2.24) is 4.90 Å². The van der Waals surface area contributed by atoms with Crippen LogP contribution in [0.5, 0.6) is 17.2 Å². The fraction of sp³-hybridized carbons (Fsp3) is 0.348. The summed E-state index contributed by atoms with van der Waals surface area (Å²) in [7, 11) is 4.86. The second kappa shape index (κ2) is 9.42. The van der Waals surface area contributed by atoms with E-state index in [1.165, 1.54) is 12.8 Å². The zero-order chi connectivity index (χ0) is 19.9. The number of benzene rings is 2. The molecule has 0 spiro atoms. The Morgan fingerprint density at radius 2 is 1.61 bits per heavy atom. The lowest BCUT2D eigenvalue weighted by atomic mass is 10.0. The molecule has 1 fully saturated rings. The van der Waals surface area contributed by atoms with Gasteiger partial charge in [-0.2, -0.15) is 0 Å². The van der Waals surface area contributed by atoms with E-state index in [4.69, 9.17) is 14.2 Å². The van der Waals surface area contributed by atoms with Gasteiger partial charge >= 0.3 is 0 Å². The highest BCUT2D eigenvalue weighted by atomic mass is 16.5. The molecule has 0 saturated carbocycles. The number of methoxy groups -OCH3 is 3. The van der Waals surface area contributed by atoms with E-state index in [2.05, 4.69) is 4.90 Å². The van der Waals surface area contributed by atoms with Crippen molar-refractivity contribution in [2.45, 2.75) is 19.4 Å². The minimum Gasteiger partial charge on any atom is -0.496 e. The molecule has 2 aromatic carbocycles. The van der Waals surface area contributed by atoms with Crippen molar-refractivity contribution in [2.24, 2.45) is 0 Å². The molecule has 3 rings (SSSR count). The van der Waals surface area contributed by atoms with Gasteiger partial charge in [-0.25, -0.2) is 0 Å². The minimum atomic E-state index is -0.0416. The number of ketones is 1. The highest BCUT2D eigenvalue weighted by Gasteiger charge is 2.15. The minimum absolute atomic E-state index is 0.0416. The van der Waals surface area contributed by atoms with E-state index in [0.29, 0.717) is 17.1 Å². The van der Waals surface area contributed by atoms with Crippen LogP contribution in [0.3, 0.4) is 0 Å². The number of hydrogen-bond acceptors (Lipinski definition) is 5. The molecular formula is C23H27NO4. The SMILES string of the molecule is COc1ccc(C(=O)/C=C/c2ccc(OC)c(OC)c2)cc1CN1CCCC1. The van der Waals surface area contributed by atoms with E-state index in [9.17, 15) is 4.79 Å². The summed E-state index contributed by atoms with van der Waals surface area (Å²) < 4.78 is 16.0. The van der Waals surface area contributed by atoms with Gasteiger partial charge in [0.05, 0.1) is 21.3 Å². The number of nitrogens with zero attached hydrogens (tertiary/aromatic N) is 1. The zero-order valence-electron chi connectivity index (χ0n) is 16.7. The normalized spacial score (nSPS) is 14.4. The van der Waals surface area contributed by atoms with E-state index in [0.717, 1.165) is 36.5 Å². The molecule has 2 aromatic rings. The third kappa shape index (κ3) is 4.73. The molecular weight excluding hydrogens is 354 g/mol. The van der Waals surface area contributed by atoms with Gasteiger partial charge in [0.2, 0.25) is 0 Å². The highest BCUT2D eigenvalue weighted by Crippen LogP contribution is 2.28. The summed E-state index contributed by atoms with van der Waals surface area (Å²) in [4.78, 5) is 15.1. The number of ether oxygens (including phenoxy) is 3. The van der Waals surface area contributed by atoms with Gasteiger partial charge in [0.1, 0.15) is 5.75 Å². The molecule has 5 nitrogen and oxygen atoms in total. The van der Waals surface area contributed by atoms with Crippen molar-refractivity contribution in [3.63, 3.8) is 0 Å². The smallest absolute Gasteiger partial charge is 0.185 e. The third-order valence-corrected chi connectivity index (χ3v) is 4.99. The van der Waals surface area contributed by atoms with Gasteiger partial charge in [0.25, 0.3) is 0 Å². The van der Waals surface area contributed by atoms with Crippen molar-refractivity contribution in [3.8, 4) is 17.2 Å². The number of allylic oxidation sites excluding steroid dienone is 1. The first-order valence-electron chi connectivity index (χ1n) is 9.48. The summed E-state index contributed by atoms with van der Waals surface area (Å²) in [6.45, 7) is 3.00. The Labute approximate surface area is 166 Å². The lowest BCUT2D eigenvalue weighted by Gasteiger charge is -2.17. The average molecular weight is 381 g/mol. The van der Waals surface area contributed by atoms with Gasteiger partial charge in [0.15, 0.2) is 17.3 Å². The van der Waals surface area contributed by atoms with Crippen LogP contribution in [-0.2, 0) is 6.54 Å². The fourth-order valence-corrected chi connectivity index (χ4v) is 3.46. The van der Waals surface area contributed by atoms with Crippen molar-refractivity contribution in [3.05, 3.63) is 59.2 Å². The van der Waals surface area contributed by atoms with Crippen molar-refractivity contribution < 1.29 is 19.0 Å². The summed E-state index contributed by atoms with van der Waals surface area (Å²) in [5.74, 6) is 2.08. The van der Waals surface area contributed by atoms with Crippen LogP contribution < -0.4 is 14.2 Å². The topological polar surface area (TPSA) is 48.0 Å². The van der Waals surface area contributed by atoms with E-state index in [-0.39, 0.29) is 5.78 Å². The second-order valence-electron chi connectivity index (χ2n) is 6.82. The van der Waals surface area contributed by atoms with Gasteiger partial charge in [-0.05, 0) is 67.9 Å². The summed E-state index contributed by atoms with van der Waals surface area (Å²) in [6, 6.07) is 11.2. The predicted molar refractivity (Wildman–Crippen MR) is 110 cm³/mol. The average Bonchev–Trinajstić information content (AvgIpc) is 3.24. The van der Waals surface area contributed by atoms with Gasteiger partial charge in [-0.1, -0.05) is 12.1 Å². The van der Waals surface area contributed by atoms with E-state index in [1.54, 1.807) is 33.5 Å². The quantitative estimate of drug-likeness (QED) is 0.506. The van der Waals surface area contributed by atoms with Gasteiger partial charge in [0, 0.05) is 17.7 Å². The van der Waals surface area contributed by atoms with Crippen LogP contribution in [0.2, 0.25) is 0 Å². The monoisotopic (exact) mass is 381 g/mol. The number of likely N-dealkylation sites (tertiary alicyclic amines) is 1. The first kappa shape index (κ1) is 20.0. The second-order valence-corrected chi connectivity index (χ2v) is 6.82. The summed E-state index contributed by atoms with van der Waals surface area (Å²) in [5, 5.41) is 0. The molecule has 1 saturated heterocycles. The lowest BCUT2D eigenvalue weighted by molar-refractivity contribution is 0.104. The highest BCUT2D eigenvalue weighted by molar-refractivity contribution is 6.07. The molecule has 0 radical (unpaired) electrons. The largest absolute Gasteiger partial charge is 0.496 e. The van der Waals surface area contributed by atoms with Gasteiger partial charge in [-0.3, -0.25) is 9.69 Å². The van der Waals surface area contributed by atoms with Crippen LogP contribution in [0.1, 0.15) is 34.3 Å². The molecule has 0 bridgehead atoms. The Hall–Kier alpha value is -2.79. The molecule has 0 N–H and O–H groups in total. The van der Waals surface area contributed by atoms with Crippen LogP contribution >= 0.6 is 0 Å². The first-order chi connectivity index (χ1) is 13.6. The number of carbonyl (C=O) groups excluding carboxylic acids is 1. The maximum absolute atomic E-state index is 12.7. The Morgan fingerprint density at radius 1 is 0.929 bits per heavy atom. The summed E-state index contributed by atoms with van der Waals surface area (Å²) in [5.41, 5.74) is 2.58. The molecule has 0 unspecified atom stereocenters. The molecule has 148 valence electrons. The molecule has 0 aromatic heterocycles. The number of rotatable bonds is 8. The summed E-state index contributed by atoms with van der Waals surface area (Å²) >= 11 is 0. The third-order valence-electron chi connectivity index (χ3n) is 4.99. The molecule has 5 heteroatoms. The molecule has 1 heterocycles. The van der Waals surface area contributed by atoms with Crippen molar-refractivity contribution in [1.29, 1.82) is 0 Å². The van der Waals surface area contributed by atoms with Crippen molar-refractivity contribution in [2.75, 3.05) is 34.4 Å².